The number of imidazole rings is 1. The van der Waals surface area contributed by atoms with Crippen LogP contribution in [-0.2, 0) is 13.0 Å². The summed E-state index contributed by atoms with van der Waals surface area (Å²) in [5, 5.41) is 4.43. The maximum Gasteiger partial charge on any atom is 0.177 e. The summed E-state index contributed by atoms with van der Waals surface area (Å²) < 4.78 is 0. The highest BCUT2D eigenvalue weighted by Crippen LogP contribution is 2.27. The fraction of sp³-hybridized carbons (Fsp3) is 0.400. The zero-order valence-electron chi connectivity index (χ0n) is 14.7. The standard InChI is InChI=1S/C20H24ClN5/c21-15-5-3-13(4-6-15)10-14-11-16(7-8-17(14)22)24-12-19-25-18-2-1-9-23-20(18)26-19/h1-6,9,14,16-17,24H,7-8,10-12,22H2,(H,23,25,26). The lowest BCUT2D eigenvalue weighted by Crippen LogP contribution is -2.44. The Balaban J connectivity index is 1.35. The molecule has 2 aromatic heterocycles. The second-order valence-corrected chi connectivity index (χ2v) is 7.64. The van der Waals surface area contributed by atoms with E-state index < -0.39 is 0 Å². The minimum Gasteiger partial charge on any atom is -0.340 e. The van der Waals surface area contributed by atoms with Crippen LogP contribution in [0.3, 0.4) is 0 Å². The van der Waals surface area contributed by atoms with Crippen LogP contribution in [-0.4, -0.2) is 27.0 Å². The van der Waals surface area contributed by atoms with Gasteiger partial charge in [-0.3, -0.25) is 0 Å². The van der Waals surface area contributed by atoms with Crippen LogP contribution in [0.1, 0.15) is 30.7 Å². The number of pyridine rings is 1. The molecule has 2 heterocycles. The lowest BCUT2D eigenvalue weighted by molar-refractivity contribution is 0.248. The Morgan fingerprint density at radius 3 is 2.85 bits per heavy atom. The van der Waals surface area contributed by atoms with Gasteiger partial charge in [0.2, 0.25) is 0 Å². The molecule has 1 fully saturated rings. The molecule has 3 aromatic rings. The number of nitrogens with zero attached hydrogens (tertiary/aromatic N) is 2. The molecule has 1 aliphatic rings. The molecule has 5 nitrogen and oxygen atoms in total. The van der Waals surface area contributed by atoms with Crippen molar-refractivity contribution in [3.63, 3.8) is 0 Å². The third-order valence-corrected chi connectivity index (χ3v) is 5.57. The summed E-state index contributed by atoms with van der Waals surface area (Å²) in [6.45, 7) is 0.726. The van der Waals surface area contributed by atoms with Crippen molar-refractivity contribution < 1.29 is 0 Å². The SMILES string of the molecule is NC1CCC(NCc2nc3ncccc3[nH]2)CC1Cc1ccc(Cl)cc1. The number of hydrogen-bond acceptors (Lipinski definition) is 4. The monoisotopic (exact) mass is 369 g/mol. The number of hydrogen-bond donors (Lipinski definition) is 3. The molecule has 0 aliphatic heterocycles. The molecule has 3 atom stereocenters. The summed E-state index contributed by atoms with van der Waals surface area (Å²) in [6.07, 6.45) is 6.02. The number of fused-ring (bicyclic) bond motifs is 1. The number of H-pyrrole nitrogens is 1. The molecule has 136 valence electrons. The summed E-state index contributed by atoms with van der Waals surface area (Å²) in [5.41, 5.74) is 9.46. The summed E-state index contributed by atoms with van der Waals surface area (Å²) in [6, 6.07) is 12.8. The highest BCUT2D eigenvalue weighted by Gasteiger charge is 2.28. The van der Waals surface area contributed by atoms with E-state index in [1.54, 1.807) is 6.20 Å². The average molecular weight is 370 g/mol. The quantitative estimate of drug-likeness (QED) is 0.643. The van der Waals surface area contributed by atoms with Gasteiger partial charge >= 0.3 is 0 Å². The third kappa shape index (κ3) is 4.06. The van der Waals surface area contributed by atoms with Crippen LogP contribution in [0.5, 0.6) is 0 Å². The van der Waals surface area contributed by atoms with Crippen LogP contribution in [0.4, 0.5) is 0 Å². The lowest BCUT2D eigenvalue weighted by Gasteiger charge is -2.34. The molecule has 1 aromatic carbocycles. The number of aromatic amines is 1. The Hall–Kier alpha value is -1.95. The van der Waals surface area contributed by atoms with Gasteiger partial charge in [0, 0.05) is 23.3 Å². The largest absolute Gasteiger partial charge is 0.340 e. The Labute approximate surface area is 158 Å². The first-order valence-corrected chi connectivity index (χ1v) is 9.58. The smallest absolute Gasteiger partial charge is 0.177 e. The second kappa shape index (κ2) is 7.74. The van der Waals surface area contributed by atoms with Crippen LogP contribution >= 0.6 is 11.6 Å². The van der Waals surface area contributed by atoms with Crippen molar-refractivity contribution in [3.8, 4) is 0 Å². The van der Waals surface area contributed by atoms with Crippen LogP contribution in [0.15, 0.2) is 42.6 Å². The highest BCUT2D eigenvalue weighted by molar-refractivity contribution is 6.30. The predicted octanol–water partition coefficient (Wildman–Crippen LogP) is 3.44. The molecule has 4 rings (SSSR count). The Morgan fingerprint density at radius 2 is 2.04 bits per heavy atom. The maximum atomic E-state index is 6.40. The van der Waals surface area contributed by atoms with Crippen molar-refractivity contribution in [1.82, 2.24) is 20.3 Å². The first kappa shape index (κ1) is 17.5. The molecular weight excluding hydrogens is 346 g/mol. The number of halogens is 1. The molecule has 6 heteroatoms. The van der Waals surface area contributed by atoms with E-state index in [9.17, 15) is 0 Å². The minimum atomic E-state index is 0.263. The van der Waals surface area contributed by atoms with E-state index in [-0.39, 0.29) is 6.04 Å². The first-order chi connectivity index (χ1) is 12.7. The van der Waals surface area contributed by atoms with E-state index in [2.05, 4.69) is 32.4 Å². The van der Waals surface area contributed by atoms with Crippen molar-refractivity contribution in [2.24, 2.45) is 11.7 Å². The topological polar surface area (TPSA) is 79.6 Å². The average Bonchev–Trinajstić information content (AvgIpc) is 3.07. The molecule has 1 aliphatic carbocycles. The van der Waals surface area contributed by atoms with Crippen LogP contribution < -0.4 is 11.1 Å². The van der Waals surface area contributed by atoms with E-state index >= 15 is 0 Å². The molecule has 3 unspecified atom stereocenters. The van der Waals surface area contributed by atoms with E-state index in [4.69, 9.17) is 17.3 Å². The lowest BCUT2D eigenvalue weighted by atomic mass is 9.78. The fourth-order valence-electron chi connectivity index (χ4n) is 3.85. The molecule has 4 N–H and O–H groups in total. The highest BCUT2D eigenvalue weighted by atomic mass is 35.5. The van der Waals surface area contributed by atoms with Crippen LogP contribution in [0.25, 0.3) is 11.2 Å². The number of benzene rings is 1. The predicted molar refractivity (Wildman–Crippen MR) is 105 cm³/mol. The molecule has 26 heavy (non-hydrogen) atoms. The zero-order chi connectivity index (χ0) is 17.9. The Morgan fingerprint density at radius 1 is 1.19 bits per heavy atom. The van der Waals surface area contributed by atoms with Crippen molar-refractivity contribution in [2.45, 2.75) is 44.3 Å². The Bertz CT molecular complexity index is 827. The van der Waals surface area contributed by atoms with Gasteiger partial charge in [0.25, 0.3) is 0 Å². The van der Waals surface area contributed by atoms with E-state index in [1.807, 2.05) is 24.3 Å². The van der Waals surface area contributed by atoms with Crippen molar-refractivity contribution in [1.29, 1.82) is 0 Å². The van der Waals surface area contributed by atoms with E-state index in [1.165, 1.54) is 5.56 Å². The molecule has 0 saturated heterocycles. The number of rotatable bonds is 5. The van der Waals surface area contributed by atoms with Gasteiger partial charge in [-0.15, -0.1) is 0 Å². The van der Waals surface area contributed by atoms with Crippen LogP contribution in [0.2, 0.25) is 5.02 Å². The minimum absolute atomic E-state index is 0.263. The van der Waals surface area contributed by atoms with Crippen molar-refractivity contribution in [3.05, 3.63) is 59.0 Å². The van der Waals surface area contributed by atoms with Gasteiger partial charge in [-0.1, -0.05) is 23.7 Å². The molecule has 1 saturated carbocycles. The molecular formula is C20H24ClN5. The van der Waals surface area contributed by atoms with Gasteiger partial charge in [-0.2, -0.15) is 0 Å². The Kier molecular flexibility index (Phi) is 5.20. The normalized spacial score (nSPS) is 23.4. The number of nitrogens with one attached hydrogen (secondary N) is 2. The summed E-state index contributed by atoms with van der Waals surface area (Å²) >= 11 is 5.99. The summed E-state index contributed by atoms with van der Waals surface area (Å²) in [7, 11) is 0. The zero-order valence-corrected chi connectivity index (χ0v) is 15.4. The van der Waals surface area contributed by atoms with Gasteiger partial charge in [0.05, 0.1) is 12.1 Å². The summed E-state index contributed by atoms with van der Waals surface area (Å²) in [4.78, 5) is 12.1. The van der Waals surface area contributed by atoms with Gasteiger partial charge in [-0.25, -0.2) is 9.97 Å². The summed E-state index contributed by atoms with van der Waals surface area (Å²) in [5.74, 6) is 1.42. The van der Waals surface area contributed by atoms with Gasteiger partial charge in [0.15, 0.2) is 5.65 Å². The van der Waals surface area contributed by atoms with E-state index in [0.29, 0.717) is 12.0 Å². The van der Waals surface area contributed by atoms with Crippen molar-refractivity contribution >= 4 is 22.8 Å². The maximum absolute atomic E-state index is 6.40. The number of aromatic nitrogens is 3. The molecule has 0 radical (unpaired) electrons. The molecule has 0 spiro atoms. The van der Waals surface area contributed by atoms with E-state index in [0.717, 1.165) is 54.2 Å². The third-order valence-electron chi connectivity index (χ3n) is 5.32. The van der Waals surface area contributed by atoms with Crippen LogP contribution in [0, 0.1) is 5.92 Å². The van der Waals surface area contributed by atoms with Crippen molar-refractivity contribution in [2.75, 3.05) is 0 Å². The van der Waals surface area contributed by atoms with Gasteiger partial charge in [-0.05, 0) is 61.4 Å². The molecule has 0 bridgehead atoms. The van der Waals surface area contributed by atoms with Gasteiger partial charge in [0.1, 0.15) is 5.82 Å². The fourth-order valence-corrected chi connectivity index (χ4v) is 3.98. The van der Waals surface area contributed by atoms with Gasteiger partial charge < -0.3 is 16.0 Å². The first-order valence-electron chi connectivity index (χ1n) is 9.20. The number of nitrogens with two attached hydrogens (primary N) is 1. The molecule has 0 amide bonds. The second-order valence-electron chi connectivity index (χ2n) is 7.20.